The minimum atomic E-state index is -0.621. The highest BCUT2D eigenvalue weighted by molar-refractivity contribution is 5.76. The molecule has 0 spiro atoms. The van der Waals surface area contributed by atoms with Gasteiger partial charge in [0.15, 0.2) is 5.82 Å². The summed E-state index contributed by atoms with van der Waals surface area (Å²) < 4.78 is 32.4. The molecule has 2 aliphatic rings. The third-order valence-electron chi connectivity index (χ3n) is 4.86. The Hall–Kier alpha value is -1.91. The molecule has 0 aliphatic heterocycles. The minimum absolute atomic E-state index is 0.207. The normalized spacial score (nSPS) is 27.4. The van der Waals surface area contributed by atoms with E-state index in [1.54, 1.807) is 0 Å². The Morgan fingerprint density at radius 2 is 1.67 bits per heavy atom. The average Bonchev–Trinajstić information content (AvgIpc) is 3.04. The fourth-order valence-corrected chi connectivity index (χ4v) is 3.91. The van der Waals surface area contributed by atoms with Gasteiger partial charge in [0.25, 0.3) is 0 Å². The number of nitrogens with two attached hydrogens (primary N) is 1. The Bertz CT molecular complexity index is 665. The van der Waals surface area contributed by atoms with Crippen LogP contribution in [0.5, 0.6) is 0 Å². The zero-order valence-electron chi connectivity index (χ0n) is 11.5. The van der Waals surface area contributed by atoms with Crippen LogP contribution in [0.4, 0.5) is 14.6 Å². The molecule has 5 heteroatoms. The maximum absolute atomic E-state index is 13.5. The summed E-state index contributed by atoms with van der Waals surface area (Å²) in [4.78, 5) is 0. The molecule has 1 aromatic heterocycles. The number of anilines is 1. The number of rotatable bonds is 2. The van der Waals surface area contributed by atoms with Gasteiger partial charge in [-0.15, -0.1) is 0 Å². The molecule has 2 fully saturated rings. The van der Waals surface area contributed by atoms with E-state index in [1.165, 1.54) is 37.8 Å². The molecule has 2 aliphatic carbocycles. The van der Waals surface area contributed by atoms with Gasteiger partial charge in [0, 0.05) is 12.0 Å². The fraction of sp³-hybridized carbons (Fsp3) is 0.438. The molecule has 2 atom stereocenters. The van der Waals surface area contributed by atoms with E-state index in [2.05, 4.69) is 5.16 Å². The highest BCUT2D eigenvalue weighted by Gasteiger charge is 2.54. The number of nitrogens with zero attached hydrogens (tertiary/aromatic N) is 1. The van der Waals surface area contributed by atoms with Crippen molar-refractivity contribution < 1.29 is 13.3 Å². The molecule has 0 amide bonds. The number of hydrogen-bond donors (Lipinski definition) is 1. The predicted octanol–water partition coefficient (Wildman–Crippen LogP) is 4.11. The summed E-state index contributed by atoms with van der Waals surface area (Å²) in [5, 5.41) is 3.83. The van der Waals surface area contributed by atoms with E-state index < -0.39 is 11.6 Å². The van der Waals surface area contributed by atoms with Crippen molar-refractivity contribution in [3.63, 3.8) is 0 Å². The lowest BCUT2D eigenvalue weighted by Gasteiger charge is -2.04. The smallest absolute Gasteiger partial charge is 0.175 e. The number of nitrogen functional groups attached to an aromatic ring is 1. The average molecular weight is 290 g/mol. The summed E-state index contributed by atoms with van der Waals surface area (Å²) in [6.07, 6.45) is 4.86. The first-order chi connectivity index (χ1) is 10.1. The molecule has 0 saturated heterocycles. The van der Waals surface area contributed by atoms with Gasteiger partial charge < -0.3 is 10.3 Å². The Morgan fingerprint density at radius 3 is 2.29 bits per heavy atom. The van der Waals surface area contributed by atoms with Gasteiger partial charge in [-0.3, -0.25) is 0 Å². The SMILES string of the molecule is Nc1noc(C2C3CCCCC32)c1-c1cc(F)cc(F)c1. The topological polar surface area (TPSA) is 52.0 Å². The fourth-order valence-electron chi connectivity index (χ4n) is 3.91. The van der Waals surface area contributed by atoms with Crippen molar-refractivity contribution in [2.75, 3.05) is 5.73 Å². The number of halogens is 2. The van der Waals surface area contributed by atoms with Crippen molar-refractivity contribution in [2.24, 2.45) is 11.8 Å². The molecule has 1 heterocycles. The Labute approximate surface area is 121 Å². The van der Waals surface area contributed by atoms with Gasteiger partial charge >= 0.3 is 0 Å². The molecule has 1 aromatic carbocycles. The summed E-state index contributed by atoms with van der Waals surface area (Å²) in [6, 6.07) is 3.41. The molecule has 4 rings (SSSR count). The largest absolute Gasteiger partial charge is 0.380 e. The second kappa shape index (κ2) is 4.55. The van der Waals surface area contributed by atoms with E-state index in [1.807, 2.05) is 0 Å². The lowest BCUT2D eigenvalue weighted by atomic mass is 10.0. The van der Waals surface area contributed by atoms with Crippen LogP contribution < -0.4 is 5.73 Å². The van der Waals surface area contributed by atoms with E-state index in [0.717, 1.165) is 6.07 Å². The van der Waals surface area contributed by atoms with Gasteiger partial charge in [0.2, 0.25) is 0 Å². The summed E-state index contributed by atoms with van der Waals surface area (Å²) >= 11 is 0. The first-order valence-electron chi connectivity index (χ1n) is 7.36. The number of fused-ring (bicyclic) bond motifs is 1. The molecular weight excluding hydrogens is 274 g/mol. The Kier molecular flexibility index (Phi) is 2.77. The van der Waals surface area contributed by atoms with Crippen LogP contribution in [0.3, 0.4) is 0 Å². The van der Waals surface area contributed by atoms with Gasteiger partial charge in [-0.05, 0) is 42.4 Å². The Morgan fingerprint density at radius 1 is 1.05 bits per heavy atom. The van der Waals surface area contributed by atoms with E-state index in [0.29, 0.717) is 34.6 Å². The molecule has 2 saturated carbocycles. The quantitative estimate of drug-likeness (QED) is 0.905. The molecule has 2 N–H and O–H groups in total. The Balaban J connectivity index is 1.77. The van der Waals surface area contributed by atoms with Gasteiger partial charge in [0.05, 0.1) is 5.56 Å². The highest BCUT2D eigenvalue weighted by Crippen LogP contribution is 2.63. The summed E-state index contributed by atoms with van der Waals surface area (Å²) in [6.45, 7) is 0. The monoisotopic (exact) mass is 290 g/mol. The zero-order chi connectivity index (χ0) is 14.6. The molecule has 2 unspecified atom stereocenters. The zero-order valence-corrected chi connectivity index (χ0v) is 11.5. The molecule has 2 aromatic rings. The predicted molar refractivity (Wildman–Crippen MR) is 74.5 cm³/mol. The van der Waals surface area contributed by atoms with Crippen LogP contribution in [-0.2, 0) is 0 Å². The van der Waals surface area contributed by atoms with Crippen molar-refractivity contribution in [2.45, 2.75) is 31.6 Å². The third kappa shape index (κ3) is 2.03. The van der Waals surface area contributed by atoms with Crippen LogP contribution in [0.25, 0.3) is 11.1 Å². The summed E-state index contributed by atoms with van der Waals surface area (Å²) in [5.41, 5.74) is 6.85. The van der Waals surface area contributed by atoms with Crippen molar-refractivity contribution in [3.8, 4) is 11.1 Å². The van der Waals surface area contributed by atoms with E-state index >= 15 is 0 Å². The molecule has 3 nitrogen and oxygen atoms in total. The van der Waals surface area contributed by atoms with E-state index in [-0.39, 0.29) is 5.82 Å². The van der Waals surface area contributed by atoms with E-state index in [9.17, 15) is 8.78 Å². The number of hydrogen-bond acceptors (Lipinski definition) is 3. The first-order valence-corrected chi connectivity index (χ1v) is 7.36. The lowest BCUT2D eigenvalue weighted by molar-refractivity contribution is 0.381. The van der Waals surface area contributed by atoms with Crippen LogP contribution >= 0.6 is 0 Å². The van der Waals surface area contributed by atoms with Crippen LogP contribution in [0.1, 0.15) is 37.4 Å². The molecule has 110 valence electrons. The summed E-state index contributed by atoms with van der Waals surface area (Å²) in [7, 11) is 0. The standard InChI is InChI=1S/C16H16F2N2O/c17-9-5-8(6-10(18)7-9)13-15(21-20-16(13)19)14-11-3-1-2-4-12(11)14/h5-7,11-12,14H,1-4H2,(H2,19,20). The van der Waals surface area contributed by atoms with Crippen LogP contribution in [0.2, 0.25) is 0 Å². The number of benzene rings is 1. The minimum Gasteiger partial charge on any atom is -0.380 e. The van der Waals surface area contributed by atoms with Gasteiger partial charge in [-0.2, -0.15) is 0 Å². The van der Waals surface area contributed by atoms with Crippen molar-refractivity contribution in [3.05, 3.63) is 35.6 Å². The maximum atomic E-state index is 13.5. The van der Waals surface area contributed by atoms with E-state index in [4.69, 9.17) is 10.3 Å². The second-order valence-electron chi connectivity index (χ2n) is 6.10. The van der Waals surface area contributed by atoms with Gasteiger partial charge in [-0.1, -0.05) is 18.0 Å². The third-order valence-corrected chi connectivity index (χ3v) is 4.86. The second-order valence-corrected chi connectivity index (χ2v) is 6.10. The van der Waals surface area contributed by atoms with Gasteiger partial charge in [0.1, 0.15) is 17.4 Å². The molecular formula is C16H16F2N2O. The van der Waals surface area contributed by atoms with Crippen molar-refractivity contribution in [1.29, 1.82) is 0 Å². The van der Waals surface area contributed by atoms with Crippen molar-refractivity contribution >= 4 is 5.82 Å². The highest BCUT2D eigenvalue weighted by atomic mass is 19.1. The molecule has 21 heavy (non-hydrogen) atoms. The molecule has 0 bridgehead atoms. The first kappa shape index (κ1) is 12.8. The van der Waals surface area contributed by atoms with Crippen LogP contribution in [-0.4, -0.2) is 5.16 Å². The van der Waals surface area contributed by atoms with Crippen molar-refractivity contribution in [1.82, 2.24) is 5.16 Å². The molecule has 0 radical (unpaired) electrons. The number of aromatic nitrogens is 1. The van der Waals surface area contributed by atoms with Crippen LogP contribution in [0, 0.1) is 23.5 Å². The van der Waals surface area contributed by atoms with Crippen LogP contribution in [0.15, 0.2) is 22.7 Å². The summed E-state index contributed by atoms with van der Waals surface area (Å²) in [5.74, 6) is 1.20. The lowest BCUT2D eigenvalue weighted by Crippen LogP contribution is -1.92. The van der Waals surface area contributed by atoms with Gasteiger partial charge in [-0.25, -0.2) is 8.78 Å². The maximum Gasteiger partial charge on any atom is 0.175 e.